The van der Waals surface area contributed by atoms with E-state index in [2.05, 4.69) is 10.4 Å². The molecule has 1 aromatic heterocycles. The summed E-state index contributed by atoms with van der Waals surface area (Å²) < 4.78 is 7.03. The number of nitrogens with one attached hydrogen (secondary N) is 1. The summed E-state index contributed by atoms with van der Waals surface area (Å²) in [4.78, 5) is 25.6. The summed E-state index contributed by atoms with van der Waals surface area (Å²) >= 11 is 0. The minimum atomic E-state index is -0.944. The van der Waals surface area contributed by atoms with Crippen LogP contribution in [0.25, 0.3) is 5.69 Å². The Bertz CT molecular complexity index is 1030. The second-order valence-electron chi connectivity index (χ2n) is 6.86. The zero-order valence-corrected chi connectivity index (χ0v) is 17.1. The summed E-state index contributed by atoms with van der Waals surface area (Å²) in [5, 5.41) is 7.44. The number of hydrogen-bond donors (Lipinski definition) is 1. The smallest absolute Gasteiger partial charge is 0.333 e. The van der Waals surface area contributed by atoms with E-state index in [1.54, 1.807) is 23.7 Å². The predicted molar refractivity (Wildman–Crippen MR) is 111 cm³/mol. The number of carbonyl (C=O) groups excluding carboxylic acids is 2. The fourth-order valence-corrected chi connectivity index (χ4v) is 3.37. The van der Waals surface area contributed by atoms with Crippen molar-refractivity contribution in [2.45, 2.75) is 33.7 Å². The molecule has 0 spiro atoms. The molecule has 1 heterocycles. The molecule has 3 aromatic rings. The third kappa shape index (κ3) is 4.37. The van der Waals surface area contributed by atoms with Crippen LogP contribution in [0.1, 0.15) is 45.8 Å². The number of nitrogens with zero attached hydrogens (tertiary/aromatic N) is 2. The van der Waals surface area contributed by atoms with Gasteiger partial charge in [-0.1, -0.05) is 35.9 Å². The molecule has 0 fully saturated rings. The highest BCUT2D eigenvalue weighted by molar-refractivity contribution is 5.97. The van der Waals surface area contributed by atoms with E-state index in [1.807, 2.05) is 63.2 Å². The third-order valence-electron chi connectivity index (χ3n) is 4.71. The highest BCUT2D eigenvalue weighted by Gasteiger charge is 2.30. The van der Waals surface area contributed by atoms with Crippen LogP contribution in [0, 0.1) is 20.8 Å². The zero-order chi connectivity index (χ0) is 21.0. The largest absolute Gasteiger partial charge is 0.464 e. The number of rotatable bonds is 6. The molecule has 0 unspecified atom stereocenters. The minimum absolute atomic E-state index is 0.223. The lowest BCUT2D eigenvalue weighted by Crippen LogP contribution is -2.35. The van der Waals surface area contributed by atoms with Gasteiger partial charge in [0.2, 0.25) is 0 Å². The summed E-state index contributed by atoms with van der Waals surface area (Å²) in [5.74, 6) is -0.842. The van der Waals surface area contributed by atoms with Gasteiger partial charge in [-0.2, -0.15) is 5.10 Å². The average molecular weight is 391 g/mol. The number of benzene rings is 2. The molecule has 2 aromatic carbocycles. The zero-order valence-electron chi connectivity index (χ0n) is 17.1. The van der Waals surface area contributed by atoms with Gasteiger partial charge >= 0.3 is 5.97 Å². The molecule has 150 valence electrons. The molecular formula is C23H25N3O3. The molecule has 0 saturated heterocycles. The quantitative estimate of drug-likeness (QED) is 0.648. The van der Waals surface area contributed by atoms with Crippen molar-refractivity contribution < 1.29 is 14.3 Å². The number of aryl methyl sites for hydroxylation is 2. The lowest BCUT2D eigenvalue weighted by Gasteiger charge is -2.18. The Kier molecular flexibility index (Phi) is 6.12. The second-order valence-corrected chi connectivity index (χ2v) is 6.86. The van der Waals surface area contributed by atoms with Gasteiger partial charge in [0.25, 0.3) is 5.91 Å². The predicted octanol–water partition coefficient (Wildman–Crippen LogP) is 3.83. The van der Waals surface area contributed by atoms with E-state index < -0.39 is 12.0 Å². The molecule has 6 heteroatoms. The van der Waals surface area contributed by atoms with Gasteiger partial charge in [-0.3, -0.25) is 4.79 Å². The molecule has 1 amide bonds. The van der Waals surface area contributed by atoms with Crippen molar-refractivity contribution in [1.82, 2.24) is 15.1 Å². The molecular weight excluding hydrogens is 366 g/mol. The van der Waals surface area contributed by atoms with Crippen LogP contribution in [0.5, 0.6) is 0 Å². The van der Waals surface area contributed by atoms with Crippen molar-refractivity contribution in [3.8, 4) is 5.69 Å². The van der Waals surface area contributed by atoms with Crippen LogP contribution in [0.3, 0.4) is 0 Å². The van der Waals surface area contributed by atoms with E-state index in [0.29, 0.717) is 16.8 Å². The maximum atomic E-state index is 12.8. The SMILES string of the molecule is CCOC(=O)[C@H](NC(=O)c1cccc(C)c1)c1c(C)nn(-c2ccccc2)c1C. The van der Waals surface area contributed by atoms with E-state index >= 15 is 0 Å². The molecule has 0 bridgehead atoms. The van der Waals surface area contributed by atoms with E-state index in [1.165, 1.54) is 0 Å². The maximum absolute atomic E-state index is 12.8. The van der Waals surface area contributed by atoms with Crippen molar-refractivity contribution in [3.63, 3.8) is 0 Å². The van der Waals surface area contributed by atoms with Crippen LogP contribution < -0.4 is 5.32 Å². The van der Waals surface area contributed by atoms with E-state index in [9.17, 15) is 9.59 Å². The first-order chi connectivity index (χ1) is 13.9. The standard InChI is InChI=1S/C23H25N3O3/c1-5-29-23(28)21(24-22(27)18-11-9-10-15(2)14-18)20-16(3)25-26(17(20)4)19-12-7-6-8-13-19/h6-14,21H,5H2,1-4H3,(H,24,27)/t21-/m1/s1. The van der Waals surface area contributed by atoms with E-state index in [-0.39, 0.29) is 12.5 Å². The van der Waals surface area contributed by atoms with Crippen LogP contribution >= 0.6 is 0 Å². The van der Waals surface area contributed by atoms with Gasteiger partial charge < -0.3 is 10.1 Å². The van der Waals surface area contributed by atoms with E-state index in [4.69, 9.17) is 4.74 Å². The lowest BCUT2D eigenvalue weighted by molar-refractivity contribution is -0.145. The number of amides is 1. The summed E-state index contributed by atoms with van der Waals surface area (Å²) in [6.45, 7) is 7.59. The maximum Gasteiger partial charge on any atom is 0.333 e. The molecule has 0 aliphatic heterocycles. The van der Waals surface area contributed by atoms with Crippen LogP contribution in [0.4, 0.5) is 0 Å². The Morgan fingerprint density at radius 1 is 1.07 bits per heavy atom. The third-order valence-corrected chi connectivity index (χ3v) is 4.71. The van der Waals surface area contributed by atoms with Gasteiger partial charge in [-0.25, -0.2) is 9.48 Å². The van der Waals surface area contributed by atoms with Gasteiger partial charge in [0.1, 0.15) is 0 Å². The first-order valence-corrected chi connectivity index (χ1v) is 9.58. The van der Waals surface area contributed by atoms with Crippen molar-refractivity contribution in [2.24, 2.45) is 0 Å². The first kappa shape index (κ1) is 20.3. The second kappa shape index (κ2) is 8.73. The fraction of sp³-hybridized carbons (Fsp3) is 0.261. The molecule has 1 atom stereocenters. The molecule has 0 aliphatic rings. The number of hydrogen-bond acceptors (Lipinski definition) is 4. The number of ether oxygens (including phenoxy) is 1. The van der Waals surface area contributed by atoms with Crippen LogP contribution in [0.2, 0.25) is 0 Å². The van der Waals surface area contributed by atoms with Crippen molar-refractivity contribution >= 4 is 11.9 Å². The molecule has 29 heavy (non-hydrogen) atoms. The molecule has 3 rings (SSSR count). The van der Waals surface area contributed by atoms with Crippen molar-refractivity contribution in [3.05, 3.63) is 82.7 Å². The molecule has 6 nitrogen and oxygen atoms in total. The van der Waals surface area contributed by atoms with Crippen LogP contribution in [0.15, 0.2) is 54.6 Å². The summed E-state index contributed by atoms with van der Waals surface area (Å²) in [7, 11) is 0. The Balaban J connectivity index is 2.01. The first-order valence-electron chi connectivity index (χ1n) is 9.58. The highest BCUT2D eigenvalue weighted by atomic mass is 16.5. The number of esters is 1. The number of para-hydroxylation sites is 1. The summed E-state index contributed by atoms with van der Waals surface area (Å²) in [5.41, 5.74) is 4.42. The topological polar surface area (TPSA) is 73.2 Å². The van der Waals surface area contributed by atoms with Crippen LogP contribution in [-0.2, 0) is 9.53 Å². The number of aromatic nitrogens is 2. The van der Waals surface area contributed by atoms with Gasteiger partial charge in [-0.15, -0.1) is 0 Å². The molecule has 0 radical (unpaired) electrons. The fourth-order valence-electron chi connectivity index (χ4n) is 3.37. The van der Waals surface area contributed by atoms with Crippen molar-refractivity contribution in [1.29, 1.82) is 0 Å². The Labute approximate surface area is 170 Å². The number of carbonyl (C=O) groups is 2. The highest BCUT2D eigenvalue weighted by Crippen LogP contribution is 2.26. The molecule has 1 N–H and O–H groups in total. The minimum Gasteiger partial charge on any atom is -0.464 e. The van der Waals surface area contributed by atoms with Crippen molar-refractivity contribution in [2.75, 3.05) is 6.61 Å². The monoisotopic (exact) mass is 391 g/mol. The Hall–Kier alpha value is -3.41. The Morgan fingerprint density at radius 3 is 2.45 bits per heavy atom. The normalized spacial score (nSPS) is 11.7. The summed E-state index contributed by atoms with van der Waals surface area (Å²) in [6, 6.07) is 15.9. The molecule has 0 aliphatic carbocycles. The molecule has 0 saturated carbocycles. The van der Waals surface area contributed by atoms with Gasteiger partial charge in [0.05, 0.1) is 18.0 Å². The average Bonchev–Trinajstić information content (AvgIpc) is 3.01. The Morgan fingerprint density at radius 2 is 1.79 bits per heavy atom. The van der Waals surface area contributed by atoms with Gasteiger partial charge in [-0.05, 0) is 52.0 Å². The van der Waals surface area contributed by atoms with Crippen LogP contribution in [-0.4, -0.2) is 28.3 Å². The lowest BCUT2D eigenvalue weighted by atomic mass is 10.0. The van der Waals surface area contributed by atoms with Gasteiger partial charge in [0, 0.05) is 16.8 Å². The summed E-state index contributed by atoms with van der Waals surface area (Å²) in [6.07, 6.45) is 0. The van der Waals surface area contributed by atoms with Gasteiger partial charge in [0.15, 0.2) is 6.04 Å². The van der Waals surface area contributed by atoms with E-state index in [0.717, 1.165) is 16.9 Å².